The number of H-pyrrole nitrogens is 1. The predicted octanol–water partition coefficient (Wildman–Crippen LogP) is 2.45. The van der Waals surface area contributed by atoms with E-state index in [0.29, 0.717) is 12.2 Å². The molecule has 0 atom stereocenters. The molecule has 0 saturated carbocycles. The van der Waals surface area contributed by atoms with Gasteiger partial charge in [0.1, 0.15) is 5.75 Å². The molecule has 1 aromatic carbocycles. The van der Waals surface area contributed by atoms with Crippen molar-refractivity contribution in [2.45, 2.75) is 20.8 Å². The Morgan fingerprint density at radius 2 is 1.83 bits per heavy atom. The number of ether oxygens (including phenoxy) is 1. The fourth-order valence-corrected chi connectivity index (χ4v) is 1.78. The maximum absolute atomic E-state index is 11.4. The summed E-state index contributed by atoms with van der Waals surface area (Å²) in [6, 6.07) is 7.69. The molecule has 1 heterocycles. The second-order valence-electron chi connectivity index (χ2n) is 4.11. The lowest BCUT2D eigenvalue weighted by molar-refractivity contribution is 0.340. The van der Waals surface area contributed by atoms with Crippen molar-refractivity contribution in [1.82, 2.24) is 10.2 Å². The topological polar surface area (TPSA) is 55.0 Å². The van der Waals surface area contributed by atoms with Crippen LogP contribution in [-0.2, 0) is 0 Å². The van der Waals surface area contributed by atoms with Gasteiger partial charge in [-0.15, -0.1) is 0 Å². The van der Waals surface area contributed by atoms with Crippen molar-refractivity contribution in [2.75, 3.05) is 6.61 Å². The van der Waals surface area contributed by atoms with Crippen molar-refractivity contribution in [2.24, 2.45) is 0 Å². The van der Waals surface area contributed by atoms with E-state index < -0.39 is 0 Å². The first-order chi connectivity index (χ1) is 8.63. The molecule has 0 aliphatic carbocycles. The van der Waals surface area contributed by atoms with Gasteiger partial charge in [0.15, 0.2) is 0 Å². The van der Waals surface area contributed by atoms with Gasteiger partial charge in [0.2, 0.25) is 0 Å². The Hall–Kier alpha value is -2.10. The smallest absolute Gasteiger partial charge is 0.267 e. The van der Waals surface area contributed by atoms with Crippen LogP contribution in [0.25, 0.3) is 11.3 Å². The Kier molecular flexibility index (Phi) is 3.46. The molecule has 4 heteroatoms. The minimum atomic E-state index is -0.137. The van der Waals surface area contributed by atoms with Crippen LogP contribution in [0.2, 0.25) is 0 Å². The van der Waals surface area contributed by atoms with Crippen LogP contribution in [0, 0.1) is 13.8 Å². The molecule has 0 bridgehead atoms. The lowest BCUT2D eigenvalue weighted by atomic mass is 10.0. The fraction of sp³-hybridized carbons (Fsp3) is 0.286. The van der Waals surface area contributed by atoms with Gasteiger partial charge in [-0.1, -0.05) is 0 Å². The highest BCUT2D eigenvalue weighted by molar-refractivity contribution is 5.64. The molecule has 2 rings (SSSR count). The van der Waals surface area contributed by atoms with Crippen molar-refractivity contribution < 1.29 is 4.74 Å². The first-order valence-electron chi connectivity index (χ1n) is 5.92. The summed E-state index contributed by atoms with van der Waals surface area (Å²) in [6.45, 7) is 6.30. The van der Waals surface area contributed by atoms with Crippen LogP contribution in [0.1, 0.15) is 18.1 Å². The third kappa shape index (κ3) is 2.27. The first-order valence-corrected chi connectivity index (χ1v) is 5.92. The maximum Gasteiger partial charge on any atom is 0.267 e. The van der Waals surface area contributed by atoms with E-state index in [9.17, 15) is 4.79 Å². The quantitative estimate of drug-likeness (QED) is 0.902. The fourth-order valence-electron chi connectivity index (χ4n) is 1.78. The van der Waals surface area contributed by atoms with Crippen LogP contribution >= 0.6 is 0 Å². The molecular weight excluding hydrogens is 228 g/mol. The molecule has 94 valence electrons. The van der Waals surface area contributed by atoms with E-state index in [1.165, 1.54) is 0 Å². The van der Waals surface area contributed by atoms with Crippen molar-refractivity contribution in [3.05, 3.63) is 45.7 Å². The molecule has 0 amide bonds. The van der Waals surface area contributed by atoms with E-state index in [4.69, 9.17) is 4.74 Å². The maximum atomic E-state index is 11.4. The lowest BCUT2D eigenvalue weighted by Gasteiger charge is -2.08. The number of nitrogens with zero attached hydrogens (tertiary/aromatic N) is 1. The van der Waals surface area contributed by atoms with Crippen LogP contribution in [0.4, 0.5) is 0 Å². The highest BCUT2D eigenvalue weighted by Crippen LogP contribution is 2.23. The average Bonchev–Trinajstić information content (AvgIpc) is 2.38. The lowest BCUT2D eigenvalue weighted by Crippen LogP contribution is -2.14. The highest BCUT2D eigenvalue weighted by Gasteiger charge is 2.08. The molecule has 0 aliphatic rings. The van der Waals surface area contributed by atoms with Crippen molar-refractivity contribution in [3.8, 4) is 17.0 Å². The molecule has 18 heavy (non-hydrogen) atoms. The molecule has 0 spiro atoms. The van der Waals surface area contributed by atoms with Gasteiger partial charge in [0.25, 0.3) is 5.56 Å². The number of hydrogen-bond donors (Lipinski definition) is 1. The molecule has 0 saturated heterocycles. The number of aromatic nitrogens is 2. The van der Waals surface area contributed by atoms with Crippen molar-refractivity contribution in [1.29, 1.82) is 0 Å². The largest absolute Gasteiger partial charge is 0.494 e. The second-order valence-corrected chi connectivity index (χ2v) is 4.11. The number of benzene rings is 1. The zero-order valence-corrected chi connectivity index (χ0v) is 10.8. The summed E-state index contributed by atoms with van der Waals surface area (Å²) in [5.41, 5.74) is 3.24. The van der Waals surface area contributed by atoms with Crippen molar-refractivity contribution in [3.63, 3.8) is 0 Å². The number of aromatic amines is 1. The number of hydrogen-bond acceptors (Lipinski definition) is 3. The minimum Gasteiger partial charge on any atom is -0.494 e. The first kappa shape index (κ1) is 12.4. The summed E-state index contributed by atoms with van der Waals surface area (Å²) in [6.07, 6.45) is 0. The molecule has 0 aliphatic heterocycles. The van der Waals surface area contributed by atoms with E-state index >= 15 is 0 Å². The zero-order chi connectivity index (χ0) is 13.1. The molecule has 2 aromatic rings. The van der Waals surface area contributed by atoms with Gasteiger partial charge in [-0.05, 0) is 50.6 Å². The van der Waals surface area contributed by atoms with Crippen LogP contribution in [0.5, 0.6) is 5.75 Å². The summed E-state index contributed by atoms with van der Waals surface area (Å²) >= 11 is 0. The molecule has 1 aromatic heterocycles. The summed E-state index contributed by atoms with van der Waals surface area (Å²) in [5, 5.41) is 6.62. The molecule has 0 unspecified atom stereocenters. The Labute approximate surface area is 106 Å². The molecule has 4 nitrogen and oxygen atoms in total. The van der Waals surface area contributed by atoms with Gasteiger partial charge in [-0.3, -0.25) is 4.79 Å². The van der Waals surface area contributed by atoms with Gasteiger partial charge < -0.3 is 4.74 Å². The molecule has 0 radical (unpaired) electrons. The number of nitrogens with one attached hydrogen (secondary N) is 1. The zero-order valence-electron chi connectivity index (χ0n) is 10.8. The SMILES string of the molecule is CCOc1ccc(-c2n[nH]c(=O)c(C)c2C)cc1. The second kappa shape index (κ2) is 5.04. The third-order valence-corrected chi connectivity index (χ3v) is 2.97. The standard InChI is InChI=1S/C14H16N2O2/c1-4-18-12-7-5-11(6-8-12)13-9(2)10(3)14(17)16-15-13/h5-8H,4H2,1-3H3,(H,16,17). The van der Waals surface area contributed by atoms with E-state index in [2.05, 4.69) is 10.2 Å². The van der Waals surface area contributed by atoms with Crippen LogP contribution in [-0.4, -0.2) is 16.8 Å². The van der Waals surface area contributed by atoms with Gasteiger partial charge in [0, 0.05) is 11.1 Å². The summed E-state index contributed by atoms with van der Waals surface area (Å²) < 4.78 is 5.39. The van der Waals surface area contributed by atoms with Gasteiger partial charge in [-0.2, -0.15) is 5.10 Å². The Bertz CT molecular complexity index is 600. The monoisotopic (exact) mass is 244 g/mol. The minimum absolute atomic E-state index is 0.137. The third-order valence-electron chi connectivity index (χ3n) is 2.97. The van der Waals surface area contributed by atoms with Crippen LogP contribution in [0.15, 0.2) is 29.1 Å². The normalized spacial score (nSPS) is 10.4. The molecule has 0 fully saturated rings. The van der Waals surface area contributed by atoms with E-state index in [-0.39, 0.29) is 5.56 Å². The van der Waals surface area contributed by atoms with Gasteiger partial charge in [-0.25, -0.2) is 5.10 Å². The molecular formula is C14H16N2O2. The van der Waals surface area contributed by atoms with Gasteiger partial charge in [0.05, 0.1) is 12.3 Å². The van der Waals surface area contributed by atoms with E-state index in [1.54, 1.807) is 6.92 Å². The van der Waals surface area contributed by atoms with Crippen molar-refractivity contribution >= 4 is 0 Å². The van der Waals surface area contributed by atoms with E-state index in [1.807, 2.05) is 38.1 Å². The predicted molar refractivity (Wildman–Crippen MR) is 70.9 cm³/mol. The Balaban J connectivity index is 2.43. The molecule has 1 N–H and O–H groups in total. The number of rotatable bonds is 3. The Morgan fingerprint density at radius 3 is 2.44 bits per heavy atom. The Morgan fingerprint density at radius 1 is 1.17 bits per heavy atom. The van der Waals surface area contributed by atoms with Gasteiger partial charge >= 0.3 is 0 Å². The summed E-state index contributed by atoms with van der Waals surface area (Å²) in [7, 11) is 0. The van der Waals surface area contributed by atoms with E-state index in [0.717, 1.165) is 22.6 Å². The van der Waals surface area contributed by atoms with Crippen LogP contribution < -0.4 is 10.3 Å². The summed E-state index contributed by atoms with van der Waals surface area (Å²) in [4.78, 5) is 11.4. The summed E-state index contributed by atoms with van der Waals surface area (Å²) in [5.74, 6) is 0.833. The average molecular weight is 244 g/mol. The van der Waals surface area contributed by atoms with Crippen LogP contribution in [0.3, 0.4) is 0 Å². The highest BCUT2D eigenvalue weighted by atomic mass is 16.5.